The highest BCUT2D eigenvalue weighted by molar-refractivity contribution is 7.71. The predicted molar refractivity (Wildman–Crippen MR) is 75.2 cm³/mol. The number of aryl methyl sites for hydroxylation is 1. The maximum atomic E-state index is 11.0. The maximum Gasteiger partial charge on any atom is 0.216 e. The van der Waals surface area contributed by atoms with Gasteiger partial charge in [-0.3, -0.25) is 5.10 Å². The van der Waals surface area contributed by atoms with E-state index < -0.39 is 5.97 Å². The lowest BCUT2D eigenvalue weighted by atomic mass is 10.1. The highest BCUT2D eigenvalue weighted by Crippen LogP contribution is 2.06. The van der Waals surface area contributed by atoms with Crippen LogP contribution in [0.1, 0.15) is 35.1 Å². The summed E-state index contributed by atoms with van der Waals surface area (Å²) in [4.78, 5) is 11.0. The smallest absolute Gasteiger partial charge is 0.216 e. The Hall–Kier alpha value is -2.28. The summed E-state index contributed by atoms with van der Waals surface area (Å²) in [6.07, 6.45) is 3.08. The molecule has 104 valence electrons. The van der Waals surface area contributed by atoms with Crippen molar-refractivity contribution >= 4 is 24.4 Å². The minimum absolute atomic E-state index is 0.0864. The Labute approximate surface area is 120 Å². The Balaban J connectivity index is 2.37. The van der Waals surface area contributed by atoms with Crippen molar-refractivity contribution in [1.29, 1.82) is 0 Å². The van der Waals surface area contributed by atoms with Crippen LogP contribution >= 0.6 is 12.2 Å². The normalized spacial score (nSPS) is 11.1. The molecule has 7 heteroatoms. The van der Waals surface area contributed by atoms with Gasteiger partial charge >= 0.3 is 0 Å². The van der Waals surface area contributed by atoms with Crippen LogP contribution in [0, 0.1) is 4.77 Å². The van der Waals surface area contributed by atoms with Gasteiger partial charge in [0.05, 0.1) is 12.2 Å². The summed E-state index contributed by atoms with van der Waals surface area (Å²) >= 11 is 5.09. The summed E-state index contributed by atoms with van der Waals surface area (Å²) in [5.74, 6) is -0.531. The topological polar surface area (TPSA) is 86.1 Å². The van der Waals surface area contributed by atoms with Crippen LogP contribution < -0.4 is 5.11 Å². The average Bonchev–Trinajstić information content (AvgIpc) is 2.78. The lowest BCUT2D eigenvalue weighted by Crippen LogP contribution is -2.23. The molecule has 20 heavy (non-hydrogen) atoms. The van der Waals surface area contributed by atoms with Crippen molar-refractivity contribution in [1.82, 2.24) is 14.9 Å². The van der Waals surface area contributed by atoms with Gasteiger partial charge in [0.25, 0.3) is 0 Å². The van der Waals surface area contributed by atoms with Crippen molar-refractivity contribution in [2.24, 2.45) is 5.10 Å². The number of rotatable bonds is 5. The van der Waals surface area contributed by atoms with Gasteiger partial charge in [0.15, 0.2) is 5.82 Å². The molecule has 0 saturated carbocycles. The van der Waals surface area contributed by atoms with E-state index in [0.717, 1.165) is 12.8 Å². The number of carbonyl (C=O) groups excluding carboxylic acids is 1. The number of nitrogens with zero attached hydrogens (tertiary/aromatic N) is 3. The van der Waals surface area contributed by atoms with Crippen molar-refractivity contribution < 1.29 is 9.90 Å². The van der Waals surface area contributed by atoms with E-state index in [9.17, 15) is 9.90 Å². The molecule has 0 unspecified atom stereocenters. The van der Waals surface area contributed by atoms with E-state index in [4.69, 9.17) is 12.2 Å². The van der Waals surface area contributed by atoms with E-state index in [1.165, 1.54) is 17.0 Å². The third-order valence-corrected chi connectivity index (χ3v) is 2.95. The molecule has 1 N–H and O–H groups in total. The quantitative estimate of drug-likeness (QED) is 0.660. The second-order valence-electron chi connectivity index (χ2n) is 4.13. The van der Waals surface area contributed by atoms with E-state index >= 15 is 0 Å². The summed E-state index contributed by atoms with van der Waals surface area (Å²) in [5.41, 5.74) is 0.543. The Bertz CT molecular complexity index is 702. The van der Waals surface area contributed by atoms with Gasteiger partial charge in [-0.25, -0.2) is 0 Å². The summed E-state index contributed by atoms with van der Waals surface area (Å²) < 4.78 is 1.86. The van der Waals surface area contributed by atoms with Crippen LogP contribution in [-0.2, 0) is 6.42 Å². The van der Waals surface area contributed by atoms with E-state index in [1.54, 1.807) is 18.2 Å². The second-order valence-corrected chi connectivity index (χ2v) is 4.51. The first-order valence-electron chi connectivity index (χ1n) is 6.14. The fourth-order valence-electron chi connectivity index (χ4n) is 1.74. The van der Waals surface area contributed by atoms with E-state index in [0.29, 0.717) is 16.2 Å². The third-order valence-electron chi connectivity index (χ3n) is 2.68. The lowest BCUT2D eigenvalue weighted by molar-refractivity contribution is -0.255. The number of nitrogens with one attached hydrogen (secondary N) is 1. The van der Waals surface area contributed by atoms with Gasteiger partial charge in [-0.05, 0) is 18.6 Å². The number of carboxylic acid groups (broad SMARTS) is 1. The Morgan fingerprint density at radius 3 is 3.00 bits per heavy atom. The van der Waals surface area contributed by atoms with E-state index in [2.05, 4.69) is 15.3 Å². The van der Waals surface area contributed by atoms with Crippen molar-refractivity contribution in [3.05, 3.63) is 46.0 Å². The van der Waals surface area contributed by atoms with E-state index in [1.807, 2.05) is 6.92 Å². The predicted octanol–water partition coefficient (Wildman–Crippen LogP) is 1.14. The zero-order chi connectivity index (χ0) is 14.5. The summed E-state index contributed by atoms with van der Waals surface area (Å²) in [5, 5.41) is 21.9. The molecule has 0 aliphatic rings. The second kappa shape index (κ2) is 6.25. The van der Waals surface area contributed by atoms with Crippen LogP contribution in [0.15, 0.2) is 29.4 Å². The number of aromatic nitrogens is 3. The van der Waals surface area contributed by atoms with Crippen LogP contribution in [0.2, 0.25) is 0 Å². The largest absolute Gasteiger partial charge is 0.545 e. The highest BCUT2D eigenvalue weighted by atomic mass is 32.1. The maximum absolute atomic E-state index is 11.0. The molecule has 0 fully saturated rings. The standard InChI is InChI=1S/C13H14N4O2S/c1-2-5-11-15-16-13(20)17(11)14-8-9-6-3-4-7-10(9)12(18)19/h3-4,6-8H,2,5H2,1H3,(H,16,20)(H,18,19)/p-1/b14-8-. The molecule has 1 heterocycles. The van der Waals surface area contributed by atoms with Crippen LogP contribution in [0.25, 0.3) is 0 Å². The number of aromatic carboxylic acids is 1. The molecule has 0 atom stereocenters. The number of benzene rings is 1. The first-order valence-corrected chi connectivity index (χ1v) is 6.55. The number of aromatic amines is 1. The Morgan fingerprint density at radius 1 is 1.55 bits per heavy atom. The first kappa shape index (κ1) is 14.1. The van der Waals surface area contributed by atoms with Crippen molar-refractivity contribution in [2.45, 2.75) is 19.8 Å². The summed E-state index contributed by atoms with van der Waals surface area (Å²) in [6, 6.07) is 6.49. The molecule has 6 nitrogen and oxygen atoms in total. The van der Waals surface area contributed by atoms with Gasteiger partial charge in [-0.1, -0.05) is 31.2 Å². The molecule has 0 amide bonds. The number of hydrogen-bond acceptors (Lipinski definition) is 5. The number of carboxylic acids is 1. The molecule has 0 saturated heterocycles. The van der Waals surface area contributed by atoms with Crippen LogP contribution in [-0.4, -0.2) is 27.1 Å². The SMILES string of the molecule is CCCc1n[nH]c(=S)n1/N=C\c1ccccc1C(=O)[O-]. The third kappa shape index (κ3) is 3.00. The summed E-state index contributed by atoms with van der Waals surface area (Å²) in [7, 11) is 0. The monoisotopic (exact) mass is 289 g/mol. The van der Waals surface area contributed by atoms with Gasteiger partial charge in [-0.15, -0.1) is 0 Å². The van der Waals surface area contributed by atoms with Gasteiger partial charge in [0.2, 0.25) is 4.77 Å². The fraction of sp³-hybridized carbons (Fsp3) is 0.231. The lowest BCUT2D eigenvalue weighted by Gasteiger charge is -2.05. The van der Waals surface area contributed by atoms with Gasteiger partial charge in [-0.2, -0.15) is 14.9 Å². The molecule has 0 aliphatic heterocycles. The molecule has 0 radical (unpaired) electrons. The molecule has 0 bridgehead atoms. The molecule has 1 aromatic carbocycles. The van der Waals surface area contributed by atoms with Crippen LogP contribution in [0.5, 0.6) is 0 Å². The molecule has 2 aromatic rings. The molecule has 0 aliphatic carbocycles. The fourth-order valence-corrected chi connectivity index (χ4v) is 1.94. The van der Waals surface area contributed by atoms with E-state index in [-0.39, 0.29) is 5.56 Å². The van der Waals surface area contributed by atoms with Crippen molar-refractivity contribution in [3.63, 3.8) is 0 Å². The zero-order valence-corrected chi connectivity index (χ0v) is 11.7. The van der Waals surface area contributed by atoms with Gasteiger partial charge < -0.3 is 9.90 Å². The van der Waals surface area contributed by atoms with Crippen molar-refractivity contribution in [3.8, 4) is 0 Å². The zero-order valence-electron chi connectivity index (χ0n) is 10.9. The number of hydrogen-bond donors (Lipinski definition) is 1. The molecule has 1 aromatic heterocycles. The van der Waals surface area contributed by atoms with Crippen molar-refractivity contribution in [2.75, 3.05) is 0 Å². The Morgan fingerprint density at radius 2 is 2.30 bits per heavy atom. The minimum atomic E-state index is -1.24. The van der Waals surface area contributed by atoms with Crippen LogP contribution in [0.4, 0.5) is 0 Å². The van der Waals surface area contributed by atoms with Crippen LogP contribution in [0.3, 0.4) is 0 Å². The average molecular weight is 289 g/mol. The molecular weight excluding hydrogens is 276 g/mol. The highest BCUT2D eigenvalue weighted by Gasteiger charge is 2.04. The minimum Gasteiger partial charge on any atom is -0.545 e. The first-order chi connectivity index (χ1) is 9.63. The molecule has 2 rings (SSSR count). The molecule has 0 spiro atoms. The Kier molecular flexibility index (Phi) is 4.41. The summed E-state index contributed by atoms with van der Waals surface area (Å²) in [6.45, 7) is 2.02. The molecular formula is C13H13N4O2S-. The number of H-pyrrole nitrogens is 1. The van der Waals surface area contributed by atoms with Gasteiger partial charge in [0, 0.05) is 17.5 Å². The number of carbonyl (C=O) groups is 1. The van der Waals surface area contributed by atoms with Gasteiger partial charge in [0.1, 0.15) is 0 Å².